The summed E-state index contributed by atoms with van der Waals surface area (Å²) >= 11 is 0. The Morgan fingerprint density at radius 3 is 2.61 bits per heavy atom. The van der Waals surface area contributed by atoms with Gasteiger partial charge < -0.3 is 9.32 Å². The Hall–Kier alpha value is -2.95. The normalized spacial score (nSPS) is 10.7. The second kappa shape index (κ2) is 6.04. The lowest BCUT2D eigenvalue weighted by Gasteiger charge is -2.17. The summed E-state index contributed by atoms with van der Waals surface area (Å²) in [6.45, 7) is 0.0672. The van der Waals surface area contributed by atoms with Crippen LogP contribution in [0.3, 0.4) is 0 Å². The molecule has 0 N–H and O–H groups in total. The smallest absolute Gasteiger partial charge is 0.349 e. The molecular weight excluding hydrogens is 297 g/mol. The molecule has 3 aromatic rings. The molecule has 5 heteroatoms. The van der Waals surface area contributed by atoms with E-state index in [1.54, 1.807) is 42.5 Å². The number of amides is 1. The Kier molecular flexibility index (Phi) is 3.93. The van der Waals surface area contributed by atoms with Crippen LogP contribution in [0, 0.1) is 5.82 Å². The van der Waals surface area contributed by atoms with Crippen LogP contribution in [0.1, 0.15) is 15.9 Å². The van der Waals surface area contributed by atoms with Gasteiger partial charge in [-0.05, 0) is 18.2 Å². The molecule has 0 aliphatic carbocycles. The Labute approximate surface area is 131 Å². The van der Waals surface area contributed by atoms with Gasteiger partial charge in [0.05, 0.1) is 0 Å². The monoisotopic (exact) mass is 311 g/mol. The lowest BCUT2D eigenvalue weighted by Crippen LogP contribution is -2.30. The zero-order valence-corrected chi connectivity index (χ0v) is 12.5. The van der Waals surface area contributed by atoms with Crippen LogP contribution in [-0.4, -0.2) is 17.9 Å². The molecule has 0 aliphatic rings. The third kappa shape index (κ3) is 2.99. The minimum Gasteiger partial charge on any atom is -0.422 e. The molecule has 0 aliphatic heterocycles. The van der Waals surface area contributed by atoms with Crippen molar-refractivity contribution in [3.63, 3.8) is 0 Å². The van der Waals surface area contributed by atoms with E-state index in [9.17, 15) is 14.0 Å². The molecule has 0 bridgehead atoms. The van der Waals surface area contributed by atoms with Gasteiger partial charge in [0.25, 0.3) is 5.91 Å². The predicted molar refractivity (Wildman–Crippen MR) is 84.7 cm³/mol. The van der Waals surface area contributed by atoms with Crippen molar-refractivity contribution < 1.29 is 13.6 Å². The molecule has 1 heterocycles. The number of carbonyl (C=O) groups is 1. The van der Waals surface area contributed by atoms with Gasteiger partial charge >= 0.3 is 5.63 Å². The summed E-state index contributed by atoms with van der Waals surface area (Å²) in [6, 6.07) is 14.7. The molecule has 1 aromatic heterocycles. The van der Waals surface area contributed by atoms with E-state index in [2.05, 4.69) is 0 Å². The predicted octanol–water partition coefficient (Wildman–Crippen LogP) is 3.20. The summed E-state index contributed by atoms with van der Waals surface area (Å²) in [5, 5.41) is 0.662. The second-order valence-corrected chi connectivity index (χ2v) is 5.24. The molecule has 0 atom stereocenters. The summed E-state index contributed by atoms with van der Waals surface area (Å²) < 4.78 is 18.8. The van der Waals surface area contributed by atoms with Crippen molar-refractivity contribution in [1.82, 2.24) is 4.90 Å². The molecule has 0 fully saturated rings. The van der Waals surface area contributed by atoms with Gasteiger partial charge in [-0.2, -0.15) is 0 Å². The van der Waals surface area contributed by atoms with Crippen molar-refractivity contribution >= 4 is 16.9 Å². The quantitative estimate of drug-likeness (QED) is 0.698. The van der Waals surface area contributed by atoms with Gasteiger partial charge in [0.15, 0.2) is 0 Å². The second-order valence-electron chi connectivity index (χ2n) is 5.24. The van der Waals surface area contributed by atoms with Crippen LogP contribution in [0.2, 0.25) is 0 Å². The van der Waals surface area contributed by atoms with Crippen LogP contribution in [-0.2, 0) is 6.54 Å². The lowest BCUT2D eigenvalue weighted by atomic mass is 10.1. The largest absolute Gasteiger partial charge is 0.422 e. The first-order chi connectivity index (χ1) is 11.1. The van der Waals surface area contributed by atoms with Gasteiger partial charge in [0, 0.05) is 24.5 Å². The lowest BCUT2D eigenvalue weighted by molar-refractivity contribution is 0.0780. The van der Waals surface area contributed by atoms with Crippen LogP contribution < -0.4 is 5.63 Å². The van der Waals surface area contributed by atoms with Crippen LogP contribution in [0.4, 0.5) is 4.39 Å². The Morgan fingerprint density at radius 1 is 1.13 bits per heavy atom. The average Bonchev–Trinajstić information content (AvgIpc) is 2.55. The van der Waals surface area contributed by atoms with Crippen LogP contribution in [0.5, 0.6) is 0 Å². The first-order valence-corrected chi connectivity index (χ1v) is 7.08. The van der Waals surface area contributed by atoms with E-state index in [0.29, 0.717) is 16.5 Å². The molecule has 1 amide bonds. The number of para-hydroxylation sites is 1. The minimum absolute atomic E-state index is 0.0671. The first kappa shape index (κ1) is 15.0. The van der Waals surface area contributed by atoms with Gasteiger partial charge in [-0.25, -0.2) is 9.18 Å². The molecule has 116 valence electrons. The summed E-state index contributed by atoms with van der Waals surface area (Å²) in [5.41, 5.74) is 0.0379. The molecule has 4 nitrogen and oxygen atoms in total. The fourth-order valence-electron chi connectivity index (χ4n) is 2.37. The molecule has 0 saturated carbocycles. The van der Waals surface area contributed by atoms with Crippen molar-refractivity contribution in [3.05, 3.63) is 82.0 Å². The highest BCUT2D eigenvalue weighted by Gasteiger charge is 2.18. The molecule has 0 spiro atoms. The highest BCUT2D eigenvalue weighted by molar-refractivity contribution is 5.96. The van der Waals surface area contributed by atoms with Gasteiger partial charge in [0.1, 0.15) is 17.0 Å². The third-order valence-corrected chi connectivity index (χ3v) is 3.58. The van der Waals surface area contributed by atoms with Crippen LogP contribution >= 0.6 is 0 Å². The molecule has 2 aromatic carbocycles. The Bertz CT molecular complexity index is 933. The van der Waals surface area contributed by atoms with Crippen molar-refractivity contribution in [1.29, 1.82) is 0 Å². The zero-order valence-electron chi connectivity index (χ0n) is 12.5. The highest BCUT2D eigenvalue weighted by Crippen LogP contribution is 2.15. The van der Waals surface area contributed by atoms with Gasteiger partial charge in [-0.3, -0.25) is 4.79 Å². The highest BCUT2D eigenvalue weighted by atomic mass is 19.1. The van der Waals surface area contributed by atoms with E-state index in [1.165, 1.54) is 24.1 Å². The van der Waals surface area contributed by atoms with E-state index >= 15 is 0 Å². The summed E-state index contributed by atoms with van der Waals surface area (Å²) in [7, 11) is 1.52. The van der Waals surface area contributed by atoms with Crippen molar-refractivity contribution in [2.24, 2.45) is 0 Å². The van der Waals surface area contributed by atoms with Crippen molar-refractivity contribution in [3.8, 4) is 0 Å². The molecular formula is C18H14FNO3. The number of rotatable bonds is 3. The SMILES string of the molecule is CN(Cc1ccccc1F)C(=O)c1cc2ccccc2oc1=O. The molecule has 0 saturated heterocycles. The van der Waals surface area contributed by atoms with E-state index in [-0.39, 0.29) is 12.1 Å². The van der Waals surface area contributed by atoms with Crippen LogP contribution in [0.25, 0.3) is 11.0 Å². The minimum atomic E-state index is -0.700. The molecule has 0 radical (unpaired) electrons. The number of benzene rings is 2. The van der Waals surface area contributed by atoms with Crippen LogP contribution in [0.15, 0.2) is 63.8 Å². The van der Waals surface area contributed by atoms with Gasteiger partial charge in [0.2, 0.25) is 0 Å². The number of halogens is 1. The topological polar surface area (TPSA) is 50.5 Å². The standard InChI is InChI=1S/C18H14FNO3/c1-20(11-13-7-2-4-8-15(13)19)17(21)14-10-12-6-3-5-9-16(12)23-18(14)22/h2-10H,11H2,1H3. The maximum Gasteiger partial charge on any atom is 0.349 e. The maximum absolute atomic E-state index is 13.7. The van der Waals surface area contributed by atoms with Gasteiger partial charge in [-0.1, -0.05) is 36.4 Å². The number of nitrogens with zero attached hydrogens (tertiary/aromatic N) is 1. The summed E-state index contributed by atoms with van der Waals surface area (Å²) in [6.07, 6.45) is 0. The molecule has 3 rings (SSSR count). The fraction of sp³-hybridized carbons (Fsp3) is 0.111. The summed E-state index contributed by atoms with van der Waals surface area (Å²) in [5.74, 6) is -0.898. The average molecular weight is 311 g/mol. The number of hydrogen-bond acceptors (Lipinski definition) is 3. The van der Waals surface area contributed by atoms with Crippen molar-refractivity contribution in [2.45, 2.75) is 6.54 Å². The van der Waals surface area contributed by atoms with E-state index in [4.69, 9.17) is 4.42 Å². The number of fused-ring (bicyclic) bond motifs is 1. The fourth-order valence-corrected chi connectivity index (χ4v) is 2.37. The molecule has 0 unspecified atom stereocenters. The van der Waals surface area contributed by atoms with E-state index in [1.807, 2.05) is 0 Å². The van der Waals surface area contributed by atoms with Crippen molar-refractivity contribution in [2.75, 3.05) is 7.05 Å². The number of hydrogen-bond donors (Lipinski definition) is 0. The maximum atomic E-state index is 13.7. The zero-order chi connectivity index (χ0) is 16.4. The van der Waals surface area contributed by atoms with E-state index in [0.717, 1.165) is 0 Å². The van der Waals surface area contributed by atoms with Gasteiger partial charge in [-0.15, -0.1) is 0 Å². The summed E-state index contributed by atoms with van der Waals surface area (Å²) in [4.78, 5) is 25.8. The first-order valence-electron chi connectivity index (χ1n) is 7.08. The Morgan fingerprint density at radius 2 is 1.83 bits per heavy atom. The molecule has 23 heavy (non-hydrogen) atoms. The third-order valence-electron chi connectivity index (χ3n) is 3.58. The van der Waals surface area contributed by atoms with E-state index < -0.39 is 17.3 Å². The Balaban J connectivity index is 1.92. The number of carbonyl (C=O) groups excluding carboxylic acids is 1.